The van der Waals surface area contributed by atoms with Gasteiger partial charge >= 0.3 is 5.63 Å². The van der Waals surface area contributed by atoms with Gasteiger partial charge in [0.2, 0.25) is 0 Å². The summed E-state index contributed by atoms with van der Waals surface area (Å²) in [6.07, 6.45) is 2.02. The van der Waals surface area contributed by atoms with Crippen LogP contribution in [0, 0.1) is 0 Å². The number of carbonyl (C=O) groups is 1. The molecule has 3 aromatic rings. The number of ketones is 1. The summed E-state index contributed by atoms with van der Waals surface area (Å²) >= 11 is 6.10. The molecule has 1 atom stereocenters. The Morgan fingerprint density at radius 3 is 2.69 bits per heavy atom. The second-order valence-electron chi connectivity index (χ2n) is 6.29. The van der Waals surface area contributed by atoms with E-state index in [4.69, 9.17) is 20.8 Å². The van der Waals surface area contributed by atoms with Gasteiger partial charge in [0.15, 0.2) is 0 Å². The van der Waals surface area contributed by atoms with E-state index in [1.807, 2.05) is 36.4 Å². The molecule has 0 unspecified atom stereocenters. The number of Topliss-reactive ketones (excluding diaryl/α,β-unsaturated/α-hetero) is 1. The number of hydrogen-bond donors (Lipinski definition) is 0. The molecule has 4 rings (SSSR count). The van der Waals surface area contributed by atoms with Crippen molar-refractivity contribution in [2.24, 2.45) is 0 Å². The van der Waals surface area contributed by atoms with E-state index in [-0.39, 0.29) is 12.2 Å². The molecule has 0 spiro atoms. The first kappa shape index (κ1) is 16.6. The van der Waals surface area contributed by atoms with Gasteiger partial charge in [-0.2, -0.15) is 0 Å². The van der Waals surface area contributed by atoms with E-state index in [0.717, 1.165) is 5.56 Å². The lowest BCUT2D eigenvalue weighted by atomic mass is 9.93. The van der Waals surface area contributed by atoms with Gasteiger partial charge in [-0.25, -0.2) is 4.79 Å². The Balaban J connectivity index is 1.94. The highest BCUT2D eigenvalue weighted by Crippen LogP contribution is 2.45. The maximum Gasteiger partial charge on any atom is 0.344 e. The Hall–Kier alpha value is -2.85. The number of allylic oxidation sites excluding steroid dienone is 1. The first-order chi connectivity index (χ1) is 12.5. The fourth-order valence-corrected chi connectivity index (χ4v) is 3.41. The number of benzene rings is 2. The van der Waals surface area contributed by atoms with Crippen LogP contribution in [0.1, 0.15) is 30.4 Å². The first-order valence-electron chi connectivity index (χ1n) is 8.23. The van der Waals surface area contributed by atoms with Crippen molar-refractivity contribution in [2.75, 3.05) is 0 Å². The van der Waals surface area contributed by atoms with Crippen LogP contribution in [0.5, 0.6) is 5.75 Å². The Morgan fingerprint density at radius 1 is 1.19 bits per heavy atom. The third kappa shape index (κ3) is 2.93. The van der Waals surface area contributed by atoms with Gasteiger partial charge in [-0.3, -0.25) is 4.79 Å². The fraction of sp³-hybridized carbons (Fsp3) is 0.143. The molecule has 130 valence electrons. The average Bonchev–Trinajstić information content (AvgIpc) is 2.95. The van der Waals surface area contributed by atoms with Gasteiger partial charge in [0.25, 0.3) is 0 Å². The molecular formula is C21H15ClO4. The largest absolute Gasteiger partial charge is 0.460 e. The molecule has 1 aliphatic heterocycles. The van der Waals surface area contributed by atoms with Crippen molar-refractivity contribution in [1.82, 2.24) is 0 Å². The molecule has 0 saturated heterocycles. The van der Waals surface area contributed by atoms with E-state index in [0.29, 0.717) is 33.1 Å². The summed E-state index contributed by atoms with van der Waals surface area (Å²) in [4.78, 5) is 24.4. The van der Waals surface area contributed by atoms with Crippen LogP contribution in [0.4, 0.5) is 0 Å². The van der Waals surface area contributed by atoms with Crippen LogP contribution in [0.3, 0.4) is 0 Å². The third-order valence-corrected chi connectivity index (χ3v) is 4.60. The summed E-state index contributed by atoms with van der Waals surface area (Å²) in [7, 11) is 0. The van der Waals surface area contributed by atoms with Crippen molar-refractivity contribution in [1.29, 1.82) is 0 Å². The summed E-state index contributed by atoms with van der Waals surface area (Å²) in [6, 6.07) is 14.6. The minimum absolute atomic E-state index is 0.0315. The summed E-state index contributed by atoms with van der Waals surface area (Å²) in [5.41, 5.74) is 1.21. The van der Waals surface area contributed by atoms with Crippen molar-refractivity contribution >= 4 is 34.4 Å². The zero-order chi connectivity index (χ0) is 18.3. The van der Waals surface area contributed by atoms with Crippen molar-refractivity contribution in [3.8, 4) is 5.75 Å². The average molecular weight is 367 g/mol. The fourth-order valence-electron chi connectivity index (χ4n) is 3.24. The lowest BCUT2D eigenvalue weighted by molar-refractivity contribution is -0.117. The van der Waals surface area contributed by atoms with Crippen molar-refractivity contribution < 1.29 is 13.9 Å². The van der Waals surface area contributed by atoms with Crippen LogP contribution in [0.25, 0.3) is 17.0 Å². The Kier molecular flexibility index (Phi) is 4.13. The molecule has 5 heteroatoms. The molecule has 2 aromatic carbocycles. The van der Waals surface area contributed by atoms with E-state index >= 15 is 0 Å². The zero-order valence-electron chi connectivity index (χ0n) is 14.0. The van der Waals surface area contributed by atoms with Crippen molar-refractivity contribution in [2.45, 2.75) is 19.3 Å². The van der Waals surface area contributed by atoms with Crippen LogP contribution in [-0.2, 0) is 4.79 Å². The predicted octanol–water partition coefficient (Wildman–Crippen LogP) is 4.94. The van der Waals surface area contributed by atoms with Crippen LogP contribution in [0.2, 0.25) is 5.02 Å². The van der Waals surface area contributed by atoms with Gasteiger partial charge in [-0.1, -0.05) is 41.9 Å². The normalized spacial score (nSPS) is 17.3. The maximum atomic E-state index is 12.6. The smallest absolute Gasteiger partial charge is 0.344 e. The lowest BCUT2D eigenvalue weighted by Gasteiger charge is -2.08. The van der Waals surface area contributed by atoms with Crippen molar-refractivity contribution in [3.05, 3.63) is 80.9 Å². The van der Waals surface area contributed by atoms with Gasteiger partial charge in [-0.15, -0.1) is 0 Å². The first-order valence-corrected chi connectivity index (χ1v) is 8.61. The number of ether oxygens (including phenoxy) is 1. The predicted molar refractivity (Wildman–Crippen MR) is 101 cm³/mol. The molecule has 2 heterocycles. The van der Waals surface area contributed by atoms with Gasteiger partial charge in [-0.05, 0) is 36.8 Å². The molecule has 0 saturated carbocycles. The quantitative estimate of drug-likeness (QED) is 0.616. The molecule has 26 heavy (non-hydrogen) atoms. The molecule has 0 amide bonds. The van der Waals surface area contributed by atoms with Gasteiger partial charge in [0, 0.05) is 11.4 Å². The minimum Gasteiger partial charge on any atom is -0.460 e. The number of halogens is 1. The van der Waals surface area contributed by atoms with Crippen LogP contribution < -0.4 is 10.4 Å². The molecule has 0 bridgehead atoms. The minimum atomic E-state index is -0.488. The Bertz CT molecular complexity index is 1100. The van der Waals surface area contributed by atoms with E-state index in [2.05, 4.69) is 0 Å². The van der Waals surface area contributed by atoms with E-state index in [1.165, 1.54) is 6.92 Å². The highest BCUT2D eigenvalue weighted by Gasteiger charge is 2.36. The summed E-state index contributed by atoms with van der Waals surface area (Å²) in [5.74, 6) is 0.478. The Labute approximate surface area is 154 Å². The molecule has 4 nitrogen and oxygen atoms in total. The maximum absolute atomic E-state index is 12.6. The van der Waals surface area contributed by atoms with E-state index in [9.17, 15) is 9.59 Å². The Morgan fingerprint density at radius 2 is 1.96 bits per heavy atom. The number of carbonyl (C=O) groups excluding carboxylic acids is 1. The molecule has 0 N–H and O–H groups in total. The van der Waals surface area contributed by atoms with Crippen LogP contribution >= 0.6 is 11.6 Å². The molecule has 0 radical (unpaired) electrons. The standard InChI is InChI=1S/C21H15ClO4/c1-12(23)9-15-18(10-13-5-3-2-4-6-13)25-20-16-11-14(22)7-8-17(16)26-21(24)19(15)20/h2-8,10-11,15H,9H2,1H3/b18-10-/t15-/m1/s1. The van der Waals surface area contributed by atoms with Crippen LogP contribution in [0.15, 0.2) is 63.5 Å². The summed E-state index contributed by atoms with van der Waals surface area (Å²) in [5, 5.41) is 1.14. The third-order valence-electron chi connectivity index (χ3n) is 4.37. The monoisotopic (exact) mass is 366 g/mol. The lowest BCUT2D eigenvalue weighted by Crippen LogP contribution is -2.12. The number of fused-ring (bicyclic) bond motifs is 3. The summed E-state index contributed by atoms with van der Waals surface area (Å²) in [6.45, 7) is 1.50. The molecule has 0 aliphatic carbocycles. The van der Waals surface area contributed by atoms with Crippen LogP contribution in [-0.4, -0.2) is 5.78 Å². The molecule has 0 fully saturated rings. The second kappa shape index (κ2) is 6.46. The number of hydrogen-bond acceptors (Lipinski definition) is 4. The summed E-state index contributed by atoms with van der Waals surface area (Å²) < 4.78 is 11.5. The van der Waals surface area contributed by atoms with Gasteiger partial charge < -0.3 is 9.15 Å². The zero-order valence-corrected chi connectivity index (χ0v) is 14.7. The van der Waals surface area contributed by atoms with Crippen molar-refractivity contribution in [3.63, 3.8) is 0 Å². The SMILES string of the molecule is CC(=O)C[C@@H]1/C(=C/c2ccccc2)Oc2c1c(=O)oc1ccc(Cl)cc21. The van der Waals surface area contributed by atoms with Gasteiger partial charge in [0.1, 0.15) is 22.9 Å². The van der Waals surface area contributed by atoms with E-state index < -0.39 is 11.5 Å². The molecule has 1 aromatic heterocycles. The van der Waals surface area contributed by atoms with Gasteiger partial charge in [0.05, 0.1) is 16.9 Å². The molecule has 1 aliphatic rings. The topological polar surface area (TPSA) is 56.5 Å². The second-order valence-corrected chi connectivity index (χ2v) is 6.73. The highest BCUT2D eigenvalue weighted by molar-refractivity contribution is 6.31. The highest BCUT2D eigenvalue weighted by atomic mass is 35.5. The molecular weight excluding hydrogens is 352 g/mol. The van der Waals surface area contributed by atoms with E-state index in [1.54, 1.807) is 18.2 Å². The number of rotatable bonds is 3.